The summed E-state index contributed by atoms with van der Waals surface area (Å²) < 4.78 is 24.0. The van der Waals surface area contributed by atoms with Crippen LogP contribution in [0.1, 0.15) is 46.6 Å². The Labute approximate surface area is 302 Å². The summed E-state index contributed by atoms with van der Waals surface area (Å²) in [6.45, 7) is -0.817. The highest BCUT2D eigenvalue weighted by molar-refractivity contribution is 5.80. The number of methoxy groups -OCH3 is 2. The number of benzene rings is 5. The number of primary amides is 1. The van der Waals surface area contributed by atoms with Crippen molar-refractivity contribution in [2.75, 3.05) is 27.4 Å². The molecule has 52 heavy (non-hydrogen) atoms. The summed E-state index contributed by atoms with van der Waals surface area (Å²) in [4.78, 5) is 39.9. The van der Waals surface area contributed by atoms with E-state index in [2.05, 4.69) is 0 Å². The lowest BCUT2D eigenvalue weighted by atomic mass is 9.79. The molecule has 0 saturated carbocycles. The number of hydrogen-bond donors (Lipinski definition) is 2. The minimum atomic E-state index is -1.44. The maximum absolute atomic E-state index is 14.2. The molecule has 0 heterocycles. The number of carbonyl (C=O) groups excluding carboxylic acids is 2. The molecule has 0 radical (unpaired) electrons. The van der Waals surface area contributed by atoms with Crippen molar-refractivity contribution in [1.82, 2.24) is 4.90 Å². The molecule has 3 N–H and O–H groups in total. The van der Waals surface area contributed by atoms with E-state index in [4.69, 9.17) is 24.7 Å². The van der Waals surface area contributed by atoms with E-state index in [1.807, 2.05) is 103 Å². The Morgan fingerprint density at radius 1 is 0.712 bits per heavy atom. The molecule has 0 aliphatic heterocycles. The monoisotopic (exact) mass is 700 g/mol. The molecule has 10 nitrogen and oxygen atoms in total. The van der Waals surface area contributed by atoms with Crippen LogP contribution < -0.4 is 15.2 Å². The van der Waals surface area contributed by atoms with Crippen LogP contribution in [0.25, 0.3) is 11.1 Å². The van der Waals surface area contributed by atoms with E-state index in [1.54, 1.807) is 38.5 Å². The van der Waals surface area contributed by atoms with Crippen molar-refractivity contribution >= 4 is 18.0 Å². The van der Waals surface area contributed by atoms with Gasteiger partial charge in [0.15, 0.2) is 0 Å². The second-order valence-corrected chi connectivity index (χ2v) is 12.4. The molecule has 10 heteroatoms. The number of carboxylic acid groups (broad SMARTS) is 1. The van der Waals surface area contributed by atoms with Gasteiger partial charge in [0.05, 0.1) is 14.2 Å². The van der Waals surface area contributed by atoms with Crippen LogP contribution in [-0.2, 0) is 24.7 Å². The number of aliphatic carboxylic acids is 1. The summed E-state index contributed by atoms with van der Waals surface area (Å²) in [6.07, 6.45) is -2.53. The van der Waals surface area contributed by atoms with Crippen LogP contribution in [0.3, 0.4) is 0 Å². The van der Waals surface area contributed by atoms with Crippen LogP contribution in [0, 0.1) is 0 Å². The third-order valence-electron chi connectivity index (χ3n) is 9.35. The van der Waals surface area contributed by atoms with E-state index in [0.717, 1.165) is 27.2 Å². The molecule has 6 rings (SSSR count). The standard InChI is InChI=1S/C42H40N2O8/c1-49-31-20-16-29(17-21-31)42(28-10-4-3-5-11-28,30-18-22-32(50-2)23-19-30)52-39(25-24-38(43)45)44(26-40(46)47)41(48)51-27-37-35-14-8-6-12-33(35)34-13-7-9-15-36(34)37/h3-23,37,39H,24-27H2,1-2H3,(H2,43,45)(H,46,47). The first-order valence-electron chi connectivity index (χ1n) is 16.9. The van der Waals surface area contributed by atoms with E-state index in [1.165, 1.54) is 0 Å². The third-order valence-corrected chi connectivity index (χ3v) is 9.35. The lowest BCUT2D eigenvalue weighted by Crippen LogP contribution is -2.50. The zero-order valence-corrected chi connectivity index (χ0v) is 28.9. The number of nitrogens with two attached hydrogens (primary N) is 1. The third kappa shape index (κ3) is 7.33. The zero-order chi connectivity index (χ0) is 36.7. The van der Waals surface area contributed by atoms with E-state index >= 15 is 0 Å². The summed E-state index contributed by atoms with van der Waals surface area (Å²) in [7, 11) is 3.13. The molecule has 266 valence electrons. The van der Waals surface area contributed by atoms with Gasteiger partial charge in [-0.25, -0.2) is 4.79 Å². The second-order valence-electron chi connectivity index (χ2n) is 12.4. The molecule has 1 aliphatic rings. The van der Waals surface area contributed by atoms with Crippen molar-refractivity contribution in [2.45, 2.75) is 30.6 Å². The van der Waals surface area contributed by atoms with Gasteiger partial charge in [-0.3, -0.25) is 14.5 Å². The van der Waals surface area contributed by atoms with E-state index in [-0.39, 0.29) is 25.4 Å². The SMILES string of the molecule is COc1ccc(C(OC(CCC(N)=O)N(CC(=O)O)C(=O)OCC2c3ccccc3-c3ccccc32)(c2ccccc2)c2ccc(OC)cc2)cc1. The molecule has 0 saturated heterocycles. The molecule has 0 spiro atoms. The summed E-state index contributed by atoms with van der Waals surface area (Å²) in [5, 5.41) is 10.1. The van der Waals surface area contributed by atoms with Gasteiger partial charge in [0.2, 0.25) is 5.91 Å². The minimum absolute atomic E-state index is 0.0493. The van der Waals surface area contributed by atoms with Crippen molar-refractivity contribution < 1.29 is 38.4 Å². The molecule has 5 aromatic carbocycles. The Balaban J connectivity index is 1.44. The van der Waals surface area contributed by atoms with Gasteiger partial charge in [-0.1, -0.05) is 103 Å². The number of amides is 2. The van der Waals surface area contributed by atoms with E-state index < -0.39 is 36.3 Å². The van der Waals surface area contributed by atoms with Crippen molar-refractivity contribution in [1.29, 1.82) is 0 Å². The van der Waals surface area contributed by atoms with E-state index in [0.29, 0.717) is 28.2 Å². The fourth-order valence-corrected chi connectivity index (χ4v) is 6.88. The maximum Gasteiger partial charge on any atom is 0.412 e. The summed E-state index contributed by atoms with van der Waals surface area (Å²) in [5.74, 6) is -0.986. The number of nitrogens with zero attached hydrogens (tertiary/aromatic N) is 1. The minimum Gasteiger partial charge on any atom is -0.497 e. The molecule has 0 aromatic heterocycles. The molecule has 2 amide bonds. The topological polar surface area (TPSA) is 138 Å². The number of carboxylic acids is 1. The first-order chi connectivity index (χ1) is 25.2. The van der Waals surface area contributed by atoms with Crippen molar-refractivity contribution in [2.24, 2.45) is 5.73 Å². The highest BCUT2D eigenvalue weighted by Crippen LogP contribution is 2.46. The first-order valence-corrected chi connectivity index (χ1v) is 16.9. The Morgan fingerprint density at radius 3 is 1.67 bits per heavy atom. The molecule has 1 unspecified atom stereocenters. The number of fused-ring (bicyclic) bond motifs is 3. The van der Waals surface area contributed by atoms with Crippen LogP contribution in [-0.4, -0.2) is 61.6 Å². The number of carbonyl (C=O) groups is 3. The average molecular weight is 701 g/mol. The largest absolute Gasteiger partial charge is 0.497 e. The van der Waals surface area contributed by atoms with Crippen molar-refractivity contribution in [3.63, 3.8) is 0 Å². The van der Waals surface area contributed by atoms with Crippen LogP contribution in [0.2, 0.25) is 0 Å². The molecule has 5 aromatic rings. The fraction of sp³-hybridized carbons (Fsp3) is 0.214. The van der Waals surface area contributed by atoms with Gasteiger partial charge in [-0.2, -0.15) is 0 Å². The summed E-state index contributed by atoms with van der Waals surface area (Å²) in [6, 6.07) is 39.7. The van der Waals surface area contributed by atoms with Crippen LogP contribution in [0.5, 0.6) is 11.5 Å². The van der Waals surface area contributed by atoms with E-state index in [9.17, 15) is 19.5 Å². The number of rotatable bonds is 15. The van der Waals surface area contributed by atoms with Crippen molar-refractivity contribution in [3.8, 4) is 22.6 Å². The van der Waals surface area contributed by atoms with Gasteiger partial charge >= 0.3 is 12.1 Å². The molecule has 0 fully saturated rings. The summed E-state index contributed by atoms with van der Waals surface area (Å²) in [5.41, 5.74) is 10.3. The molecule has 1 aliphatic carbocycles. The Morgan fingerprint density at radius 2 is 1.19 bits per heavy atom. The van der Waals surface area contributed by atoms with Crippen molar-refractivity contribution in [3.05, 3.63) is 155 Å². The predicted octanol–water partition coefficient (Wildman–Crippen LogP) is 6.94. The zero-order valence-electron chi connectivity index (χ0n) is 28.9. The highest BCUT2D eigenvalue weighted by Gasteiger charge is 2.43. The molecular formula is C42H40N2O8. The number of ether oxygens (including phenoxy) is 4. The Kier molecular flexibility index (Phi) is 10.9. The lowest BCUT2D eigenvalue weighted by molar-refractivity contribution is -0.150. The van der Waals surface area contributed by atoms with Crippen LogP contribution >= 0.6 is 0 Å². The molecule has 0 bridgehead atoms. The first kappa shape index (κ1) is 35.7. The average Bonchev–Trinajstić information content (AvgIpc) is 3.50. The van der Waals surface area contributed by atoms with Gasteiger partial charge in [0.1, 0.15) is 36.5 Å². The van der Waals surface area contributed by atoms with Gasteiger partial charge < -0.3 is 29.8 Å². The quantitative estimate of drug-likeness (QED) is 0.0886. The Bertz CT molecular complexity index is 1920. The van der Waals surface area contributed by atoms with Gasteiger partial charge in [0.25, 0.3) is 0 Å². The highest BCUT2D eigenvalue weighted by atomic mass is 16.6. The Hall–Kier alpha value is -6.13. The van der Waals surface area contributed by atoms with Gasteiger partial charge in [0, 0.05) is 18.8 Å². The van der Waals surface area contributed by atoms with Gasteiger partial charge in [-0.05, 0) is 63.2 Å². The predicted molar refractivity (Wildman–Crippen MR) is 195 cm³/mol. The maximum atomic E-state index is 14.2. The van der Waals surface area contributed by atoms with Crippen LogP contribution in [0.4, 0.5) is 4.79 Å². The molecular weight excluding hydrogens is 660 g/mol. The fourth-order valence-electron chi connectivity index (χ4n) is 6.88. The molecule has 1 atom stereocenters. The normalized spacial score (nSPS) is 12.7. The summed E-state index contributed by atoms with van der Waals surface area (Å²) >= 11 is 0. The lowest BCUT2D eigenvalue weighted by Gasteiger charge is -2.41. The number of hydrogen-bond acceptors (Lipinski definition) is 7. The smallest absolute Gasteiger partial charge is 0.412 e. The second kappa shape index (κ2) is 15.8. The van der Waals surface area contributed by atoms with Crippen LogP contribution in [0.15, 0.2) is 127 Å². The van der Waals surface area contributed by atoms with Gasteiger partial charge in [-0.15, -0.1) is 0 Å².